The molecule has 0 aliphatic rings. The van der Waals surface area contributed by atoms with Gasteiger partial charge in [0.05, 0.1) is 0 Å². The van der Waals surface area contributed by atoms with E-state index in [0.717, 1.165) is 16.8 Å². The zero-order chi connectivity index (χ0) is 9.14. The molecule has 0 aliphatic carbocycles. The molecule has 1 aromatic rings. The van der Waals surface area contributed by atoms with E-state index in [1.165, 1.54) is 6.92 Å². The highest BCUT2D eigenvalue weighted by molar-refractivity contribution is 4.83. The summed E-state index contributed by atoms with van der Waals surface area (Å²) in [6, 6.07) is 1.11. The Kier molecular flexibility index (Phi) is 2.39. The van der Waals surface area contributed by atoms with E-state index >= 15 is 0 Å². The van der Waals surface area contributed by atoms with Gasteiger partial charge in [0, 0.05) is 12.3 Å². The van der Waals surface area contributed by atoms with Crippen LogP contribution in [0.3, 0.4) is 0 Å². The first-order valence-electron chi connectivity index (χ1n) is 3.24. The van der Waals surface area contributed by atoms with Gasteiger partial charge >= 0.3 is 5.69 Å². The van der Waals surface area contributed by atoms with Gasteiger partial charge in [-0.05, 0) is 11.4 Å². The molecule has 0 aromatic carbocycles. The normalized spacial score (nSPS) is 12.8. The Morgan fingerprint density at radius 1 is 1.67 bits per heavy atom. The maximum atomic E-state index is 11.6. The van der Waals surface area contributed by atoms with Crippen LogP contribution in [0.4, 0.5) is 4.53 Å². The first-order valence-corrected chi connectivity index (χ1v) is 3.24. The van der Waals surface area contributed by atoms with Gasteiger partial charge in [-0.1, -0.05) is 0 Å². The predicted molar refractivity (Wildman–Crippen MR) is 38.2 cm³/mol. The standard InChI is InChI=1S/C6H7FN2O3/c1-4(12-7)9-3-2-5(10)8-6(9)11/h2-4H,1H3,(H,8,10,11)/t4-/m1/s1. The molecule has 0 unspecified atom stereocenters. The van der Waals surface area contributed by atoms with Crippen LogP contribution in [0.2, 0.25) is 0 Å². The van der Waals surface area contributed by atoms with Crippen LogP contribution in [0.15, 0.2) is 21.9 Å². The van der Waals surface area contributed by atoms with Crippen molar-refractivity contribution in [1.82, 2.24) is 9.55 Å². The van der Waals surface area contributed by atoms with E-state index in [2.05, 4.69) is 4.94 Å². The molecule has 5 nitrogen and oxygen atoms in total. The lowest BCUT2D eigenvalue weighted by Gasteiger charge is -2.07. The third kappa shape index (κ3) is 1.59. The first-order chi connectivity index (χ1) is 5.65. The van der Waals surface area contributed by atoms with Gasteiger partial charge in [-0.15, -0.1) is 0 Å². The topological polar surface area (TPSA) is 64.1 Å². The second-order valence-electron chi connectivity index (χ2n) is 2.21. The molecule has 0 saturated carbocycles. The Morgan fingerprint density at radius 3 is 2.83 bits per heavy atom. The first kappa shape index (κ1) is 8.66. The number of rotatable bonds is 2. The van der Waals surface area contributed by atoms with Crippen molar-refractivity contribution in [3.8, 4) is 0 Å². The highest BCUT2D eigenvalue weighted by Gasteiger charge is 2.05. The van der Waals surface area contributed by atoms with Gasteiger partial charge in [0.1, 0.15) is 0 Å². The molecule has 0 fully saturated rings. The SMILES string of the molecule is C[C@@H](OF)n1ccc(=O)[nH]c1=O. The molecule has 6 heteroatoms. The molecule has 1 heterocycles. The van der Waals surface area contributed by atoms with Crippen LogP contribution in [0, 0.1) is 0 Å². The molecule has 1 N–H and O–H groups in total. The number of nitrogens with one attached hydrogen (secondary N) is 1. The van der Waals surface area contributed by atoms with E-state index in [-0.39, 0.29) is 0 Å². The van der Waals surface area contributed by atoms with Crippen LogP contribution >= 0.6 is 0 Å². The predicted octanol–water partition coefficient (Wildman–Crippen LogP) is -0.0438. The van der Waals surface area contributed by atoms with Crippen LogP contribution in [-0.2, 0) is 4.94 Å². The monoisotopic (exact) mass is 174 g/mol. The number of aromatic nitrogens is 2. The summed E-state index contributed by atoms with van der Waals surface area (Å²) in [4.78, 5) is 26.8. The van der Waals surface area contributed by atoms with Gasteiger partial charge in [-0.2, -0.15) is 4.94 Å². The summed E-state index contributed by atoms with van der Waals surface area (Å²) in [6.45, 7) is 1.33. The molecule has 66 valence electrons. The third-order valence-corrected chi connectivity index (χ3v) is 1.37. The van der Waals surface area contributed by atoms with Crippen LogP contribution < -0.4 is 11.2 Å². The van der Waals surface area contributed by atoms with E-state index in [0.29, 0.717) is 0 Å². The molecule has 12 heavy (non-hydrogen) atoms. The third-order valence-electron chi connectivity index (χ3n) is 1.37. The lowest BCUT2D eigenvalue weighted by Crippen LogP contribution is -2.30. The van der Waals surface area contributed by atoms with Crippen LogP contribution in [0.1, 0.15) is 13.2 Å². The maximum absolute atomic E-state index is 11.6. The van der Waals surface area contributed by atoms with Gasteiger partial charge in [0.15, 0.2) is 6.23 Å². The highest BCUT2D eigenvalue weighted by atomic mass is 19.3. The van der Waals surface area contributed by atoms with Crippen molar-refractivity contribution in [3.05, 3.63) is 33.1 Å². The minimum atomic E-state index is -1.03. The fourth-order valence-corrected chi connectivity index (χ4v) is 0.757. The molecular formula is C6H7FN2O3. The van der Waals surface area contributed by atoms with Crippen molar-refractivity contribution in [2.75, 3.05) is 0 Å². The van der Waals surface area contributed by atoms with Crippen molar-refractivity contribution in [1.29, 1.82) is 0 Å². The Labute approximate surface area is 66.3 Å². The Morgan fingerprint density at radius 2 is 2.33 bits per heavy atom. The average Bonchev–Trinajstić information content (AvgIpc) is 2.03. The quantitative estimate of drug-likeness (QED) is 0.684. The Balaban J connectivity index is 3.19. The second kappa shape index (κ2) is 3.31. The summed E-state index contributed by atoms with van der Waals surface area (Å²) in [5.74, 6) is 0. The molecule has 1 aromatic heterocycles. The molecule has 0 bridgehead atoms. The zero-order valence-corrected chi connectivity index (χ0v) is 6.28. The van der Waals surface area contributed by atoms with Gasteiger partial charge < -0.3 is 0 Å². The van der Waals surface area contributed by atoms with E-state index in [1.54, 1.807) is 0 Å². The number of aromatic amines is 1. The smallest absolute Gasteiger partial charge is 0.274 e. The summed E-state index contributed by atoms with van der Waals surface area (Å²) in [5.41, 5.74) is -1.23. The minimum absolute atomic E-state index is 0.526. The van der Waals surface area contributed by atoms with E-state index in [9.17, 15) is 14.1 Å². The number of nitrogens with zero attached hydrogens (tertiary/aromatic N) is 1. The van der Waals surface area contributed by atoms with Crippen molar-refractivity contribution in [2.24, 2.45) is 0 Å². The molecule has 1 rings (SSSR count). The zero-order valence-electron chi connectivity index (χ0n) is 6.28. The van der Waals surface area contributed by atoms with Crippen LogP contribution in [0.25, 0.3) is 0 Å². The highest BCUT2D eigenvalue weighted by Crippen LogP contribution is 2.01. The van der Waals surface area contributed by atoms with Crippen LogP contribution in [0.5, 0.6) is 0 Å². The van der Waals surface area contributed by atoms with Gasteiger partial charge in [-0.25, -0.2) is 4.79 Å². The molecular weight excluding hydrogens is 167 g/mol. The van der Waals surface area contributed by atoms with Gasteiger partial charge in [-0.3, -0.25) is 14.3 Å². The average molecular weight is 174 g/mol. The molecule has 0 aliphatic heterocycles. The summed E-state index contributed by atoms with van der Waals surface area (Å²) in [7, 11) is 0. The van der Waals surface area contributed by atoms with Crippen LogP contribution in [-0.4, -0.2) is 9.55 Å². The summed E-state index contributed by atoms with van der Waals surface area (Å²) in [5, 5.41) is 0. The minimum Gasteiger partial charge on any atom is -0.274 e. The molecule has 0 radical (unpaired) electrons. The second-order valence-corrected chi connectivity index (χ2v) is 2.21. The van der Waals surface area contributed by atoms with Crippen molar-refractivity contribution < 1.29 is 9.47 Å². The van der Waals surface area contributed by atoms with Crippen molar-refractivity contribution in [2.45, 2.75) is 13.2 Å². The molecule has 0 amide bonds. The number of halogens is 1. The van der Waals surface area contributed by atoms with E-state index in [1.807, 2.05) is 4.98 Å². The van der Waals surface area contributed by atoms with Gasteiger partial charge in [0.2, 0.25) is 0 Å². The molecule has 1 atom stereocenters. The lowest BCUT2D eigenvalue weighted by molar-refractivity contribution is -0.202. The fraction of sp³-hybridized carbons (Fsp3) is 0.333. The molecule has 0 spiro atoms. The Hall–Kier alpha value is -1.43. The number of H-pyrrole nitrogens is 1. The maximum Gasteiger partial charge on any atom is 0.330 e. The van der Waals surface area contributed by atoms with Crippen molar-refractivity contribution >= 4 is 0 Å². The van der Waals surface area contributed by atoms with Crippen molar-refractivity contribution in [3.63, 3.8) is 0 Å². The summed E-state index contributed by atoms with van der Waals surface area (Å²) < 4.78 is 12.5. The lowest BCUT2D eigenvalue weighted by atomic mass is 10.6. The number of hydrogen-bond acceptors (Lipinski definition) is 3. The molecule has 0 saturated heterocycles. The van der Waals surface area contributed by atoms with E-state index < -0.39 is 17.5 Å². The Bertz CT molecular complexity index is 370. The van der Waals surface area contributed by atoms with E-state index in [4.69, 9.17) is 0 Å². The fourth-order valence-electron chi connectivity index (χ4n) is 0.757. The van der Waals surface area contributed by atoms with Gasteiger partial charge in [0.25, 0.3) is 5.56 Å². The summed E-state index contributed by atoms with van der Waals surface area (Å²) >= 11 is 0. The number of hydrogen-bond donors (Lipinski definition) is 1. The summed E-state index contributed by atoms with van der Waals surface area (Å²) in [6.07, 6.45) is 0.125. The largest absolute Gasteiger partial charge is 0.330 e.